The van der Waals surface area contributed by atoms with Crippen LogP contribution in [0.2, 0.25) is 0 Å². The smallest absolute Gasteiger partial charge is 0.321 e. The summed E-state index contributed by atoms with van der Waals surface area (Å²) in [7, 11) is -3.80. The summed E-state index contributed by atoms with van der Waals surface area (Å²) in [5, 5.41) is 4.80. The standard InChI is InChI=1S/C19H18N4O5S/c1-14(19-22-18(23-28-19)16-8-5-10-20-12-16)27-17(24)13-21-29(25,26)11-9-15-6-3-2-4-7-15/h2-12,14,21H,13H2,1H3/b11-9+. The molecule has 0 bridgehead atoms. The first-order valence-electron chi connectivity index (χ1n) is 8.59. The Morgan fingerprint density at radius 1 is 1.24 bits per heavy atom. The van der Waals surface area contributed by atoms with Crippen LogP contribution in [0.4, 0.5) is 0 Å². The Kier molecular flexibility index (Phi) is 6.47. The molecule has 1 unspecified atom stereocenters. The summed E-state index contributed by atoms with van der Waals surface area (Å²) in [6.45, 7) is 1.01. The van der Waals surface area contributed by atoms with Gasteiger partial charge in [0.05, 0.1) is 0 Å². The third kappa shape index (κ3) is 6.06. The van der Waals surface area contributed by atoms with Crippen molar-refractivity contribution in [1.29, 1.82) is 0 Å². The average Bonchev–Trinajstić information content (AvgIpc) is 3.23. The van der Waals surface area contributed by atoms with Gasteiger partial charge in [0.2, 0.25) is 15.8 Å². The number of rotatable bonds is 8. The lowest BCUT2D eigenvalue weighted by Crippen LogP contribution is -2.29. The van der Waals surface area contributed by atoms with E-state index in [0.717, 1.165) is 11.0 Å². The van der Waals surface area contributed by atoms with Crippen LogP contribution in [0.1, 0.15) is 24.5 Å². The number of hydrogen-bond acceptors (Lipinski definition) is 8. The number of ether oxygens (including phenoxy) is 1. The molecule has 29 heavy (non-hydrogen) atoms. The summed E-state index contributed by atoms with van der Waals surface area (Å²) >= 11 is 0. The van der Waals surface area contributed by atoms with E-state index in [4.69, 9.17) is 9.26 Å². The van der Waals surface area contributed by atoms with E-state index in [9.17, 15) is 13.2 Å². The molecule has 0 saturated carbocycles. The monoisotopic (exact) mass is 414 g/mol. The molecule has 9 nitrogen and oxygen atoms in total. The average molecular weight is 414 g/mol. The number of sulfonamides is 1. The van der Waals surface area contributed by atoms with Gasteiger partial charge in [0.15, 0.2) is 6.10 Å². The van der Waals surface area contributed by atoms with Crippen LogP contribution in [-0.4, -0.2) is 36.1 Å². The van der Waals surface area contributed by atoms with Crippen molar-refractivity contribution in [3.8, 4) is 11.4 Å². The zero-order valence-electron chi connectivity index (χ0n) is 15.4. The van der Waals surface area contributed by atoms with Crippen LogP contribution in [0.25, 0.3) is 17.5 Å². The zero-order chi connectivity index (χ0) is 20.7. The zero-order valence-corrected chi connectivity index (χ0v) is 16.2. The van der Waals surface area contributed by atoms with Gasteiger partial charge in [-0.2, -0.15) is 4.98 Å². The van der Waals surface area contributed by atoms with Gasteiger partial charge in [-0.1, -0.05) is 35.5 Å². The summed E-state index contributed by atoms with van der Waals surface area (Å²) in [5.74, 6) is -0.387. The summed E-state index contributed by atoms with van der Waals surface area (Å²) in [6.07, 6.45) is 3.77. The van der Waals surface area contributed by atoms with Crippen molar-refractivity contribution in [2.45, 2.75) is 13.0 Å². The van der Waals surface area contributed by atoms with Crippen LogP contribution in [-0.2, 0) is 19.6 Å². The highest BCUT2D eigenvalue weighted by molar-refractivity contribution is 7.92. The predicted molar refractivity (Wildman–Crippen MR) is 104 cm³/mol. The van der Waals surface area contributed by atoms with Crippen LogP contribution in [0.15, 0.2) is 64.8 Å². The van der Waals surface area contributed by atoms with Gasteiger partial charge in [0.1, 0.15) is 6.54 Å². The number of esters is 1. The van der Waals surface area contributed by atoms with Gasteiger partial charge in [-0.15, -0.1) is 0 Å². The first-order chi connectivity index (χ1) is 13.9. The molecule has 3 aromatic rings. The Morgan fingerprint density at radius 3 is 2.76 bits per heavy atom. The molecule has 1 N–H and O–H groups in total. The number of nitrogens with zero attached hydrogens (tertiary/aromatic N) is 3. The summed E-state index contributed by atoms with van der Waals surface area (Å²) in [4.78, 5) is 20.1. The van der Waals surface area contributed by atoms with E-state index in [1.54, 1.807) is 55.7 Å². The Hall–Kier alpha value is -3.37. The van der Waals surface area contributed by atoms with Crippen molar-refractivity contribution >= 4 is 22.1 Å². The van der Waals surface area contributed by atoms with Gasteiger partial charge < -0.3 is 9.26 Å². The Morgan fingerprint density at radius 2 is 2.03 bits per heavy atom. The minimum Gasteiger partial charge on any atom is -0.452 e. The van der Waals surface area contributed by atoms with Crippen LogP contribution < -0.4 is 4.72 Å². The van der Waals surface area contributed by atoms with Crippen molar-refractivity contribution < 1.29 is 22.5 Å². The molecule has 0 radical (unpaired) electrons. The lowest BCUT2D eigenvalue weighted by molar-refractivity contribution is -0.148. The Balaban J connectivity index is 1.52. The molecule has 3 rings (SSSR count). The number of aromatic nitrogens is 3. The third-order valence-corrected chi connectivity index (χ3v) is 4.72. The molecular formula is C19H18N4O5S. The Bertz CT molecular complexity index is 1080. The molecule has 0 aliphatic rings. The molecule has 2 aromatic heterocycles. The minimum absolute atomic E-state index is 0.0871. The third-order valence-electron chi connectivity index (χ3n) is 3.67. The van der Waals surface area contributed by atoms with E-state index in [1.807, 2.05) is 6.07 Å². The second-order valence-corrected chi connectivity index (χ2v) is 7.56. The lowest BCUT2D eigenvalue weighted by atomic mass is 10.2. The van der Waals surface area contributed by atoms with Crippen molar-refractivity contribution in [2.75, 3.05) is 6.54 Å². The quantitative estimate of drug-likeness (QED) is 0.557. The molecular weight excluding hydrogens is 396 g/mol. The largest absolute Gasteiger partial charge is 0.452 e. The number of carbonyl (C=O) groups is 1. The summed E-state index contributed by atoms with van der Waals surface area (Å²) in [5.41, 5.74) is 1.37. The van der Waals surface area contributed by atoms with Crippen LogP contribution in [0.3, 0.4) is 0 Å². The molecule has 0 fully saturated rings. The predicted octanol–water partition coefficient (Wildman–Crippen LogP) is 2.33. The molecule has 1 aromatic carbocycles. The van der Waals surface area contributed by atoms with E-state index in [1.165, 1.54) is 6.08 Å². The van der Waals surface area contributed by atoms with E-state index in [2.05, 4.69) is 19.8 Å². The number of benzene rings is 1. The maximum absolute atomic E-state index is 12.0. The Labute approximate surface area is 167 Å². The number of nitrogens with one attached hydrogen (secondary N) is 1. The highest BCUT2D eigenvalue weighted by Crippen LogP contribution is 2.19. The van der Waals surface area contributed by atoms with Crippen molar-refractivity contribution in [1.82, 2.24) is 19.8 Å². The van der Waals surface area contributed by atoms with Crippen molar-refractivity contribution in [2.24, 2.45) is 0 Å². The normalized spacial score (nSPS) is 12.7. The molecule has 0 spiro atoms. The maximum atomic E-state index is 12.0. The summed E-state index contributed by atoms with van der Waals surface area (Å²) < 4.78 is 36.3. The van der Waals surface area contributed by atoms with Gasteiger partial charge in [0.25, 0.3) is 5.89 Å². The van der Waals surface area contributed by atoms with E-state index >= 15 is 0 Å². The second kappa shape index (κ2) is 9.22. The fourth-order valence-electron chi connectivity index (χ4n) is 2.24. The van der Waals surface area contributed by atoms with Gasteiger partial charge in [-0.25, -0.2) is 13.1 Å². The molecule has 1 atom stereocenters. The summed E-state index contributed by atoms with van der Waals surface area (Å²) in [6, 6.07) is 12.4. The SMILES string of the molecule is CC(OC(=O)CNS(=O)(=O)/C=C/c1ccccc1)c1nc(-c2cccnc2)no1. The highest BCUT2D eigenvalue weighted by atomic mass is 32.2. The number of hydrogen-bond donors (Lipinski definition) is 1. The fraction of sp³-hybridized carbons (Fsp3) is 0.158. The van der Waals surface area contributed by atoms with Gasteiger partial charge in [-0.05, 0) is 30.7 Å². The van der Waals surface area contributed by atoms with Crippen molar-refractivity contribution in [3.63, 3.8) is 0 Å². The van der Waals surface area contributed by atoms with E-state index in [0.29, 0.717) is 11.4 Å². The number of carbonyl (C=O) groups excluding carboxylic acids is 1. The van der Waals surface area contributed by atoms with Crippen LogP contribution in [0.5, 0.6) is 0 Å². The van der Waals surface area contributed by atoms with Gasteiger partial charge in [-0.3, -0.25) is 9.78 Å². The molecule has 150 valence electrons. The first kappa shape index (κ1) is 20.4. The van der Waals surface area contributed by atoms with Gasteiger partial charge in [0, 0.05) is 23.4 Å². The number of pyridine rings is 1. The van der Waals surface area contributed by atoms with Crippen molar-refractivity contribution in [3.05, 3.63) is 71.7 Å². The topological polar surface area (TPSA) is 124 Å². The first-order valence-corrected chi connectivity index (χ1v) is 10.1. The highest BCUT2D eigenvalue weighted by Gasteiger charge is 2.20. The minimum atomic E-state index is -3.80. The molecule has 0 amide bonds. The van der Waals surface area contributed by atoms with Crippen LogP contribution in [0, 0.1) is 0 Å². The van der Waals surface area contributed by atoms with E-state index < -0.39 is 28.6 Å². The second-order valence-electron chi connectivity index (χ2n) is 5.91. The molecule has 0 saturated heterocycles. The lowest BCUT2D eigenvalue weighted by Gasteiger charge is -2.09. The van der Waals surface area contributed by atoms with Gasteiger partial charge >= 0.3 is 5.97 Å². The fourth-order valence-corrected chi connectivity index (χ4v) is 2.99. The molecule has 0 aliphatic carbocycles. The van der Waals surface area contributed by atoms with E-state index in [-0.39, 0.29) is 5.89 Å². The molecule has 2 heterocycles. The molecule has 10 heteroatoms. The van der Waals surface area contributed by atoms with Crippen LogP contribution >= 0.6 is 0 Å². The maximum Gasteiger partial charge on any atom is 0.321 e. The molecule has 0 aliphatic heterocycles.